The first-order chi connectivity index (χ1) is 13.3. The lowest BCUT2D eigenvalue weighted by atomic mass is 10.0. The lowest BCUT2D eigenvalue weighted by molar-refractivity contribution is -0.147. The van der Waals surface area contributed by atoms with Crippen LogP contribution >= 0.6 is 0 Å². The normalized spacial score (nSPS) is 13.8. The van der Waals surface area contributed by atoms with Crippen molar-refractivity contribution in [3.8, 4) is 5.75 Å². The van der Waals surface area contributed by atoms with E-state index in [0.717, 1.165) is 17.5 Å². The molecule has 1 unspecified atom stereocenters. The van der Waals surface area contributed by atoms with Crippen LogP contribution in [0.25, 0.3) is 11.0 Å². The molecule has 9 nitrogen and oxygen atoms in total. The predicted molar refractivity (Wildman–Crippen MR) is 96.6 cm³/mol. The SMILES string of the molecule is Cc1cc(OCC(=O)NC(CC(=O)O)C(=O)O)c2c3c(c(=O)oc2c1)CCC3. The third kappa shape index (κ3) is 3.98. The largest absolute Gasteiger partial charge is 0.483 e. The molecule has 0 spiro atoms. The number of hydrogen-bond donors (Lipinski definition) is 3. The van der Waals surface area contributed by atoms with Gasteiger partial charge in [0.15, 0.2) is 6.61 Å². The molecule has 1 atom stereocenters. The third-order valence-electron chi connectivity index (χ3n) is 4.55. The summed E-state index contributed by atoms with van der Waals surface area (Å²) < 4.78 is 11.0. The van der Waals surface area contributed by atoms with Crippen LogP contribution in [0.5, 0.6) is 5.75 Å². The van der Waals surface area contributed by atoms with Gasteiger partial charge in [0.25, 0.3) is 5.91 Å². The number of aliphatic carboxylic acids is 2. The minimum Gasteiger partial charge on any atom is -0.483 e. The van der Waals surface area contributed by atoms with Crippen molar-refractivity contribution in [3.63, 3.8) is 0 Å². The minimum atomic E-state index is -1.55. The molecule has 0 bridgehead atoms. The predicted octanol–water partition coefficient (Wildman–Crippen LogP) is 1.01. The topological polar surface area (TPSA) is 143 Å². The third-order valence-corrected chi connectivity index (χ3v) is 4.55. The fourth-order valence-electron chi connectivity index (χ4n) is 3.37. The maximum Gasteiger partial charge on any atom is 0.339 e. The molecular weight excluding hydrogens is 370 g/mol. The van der Waals surface area contributed by atoms with Crippen molar-refractivity contribution in [1.82, 2.24) is 5.32 Å². The van der Waals surface area contributed by atoms with Gasteiger partial charge in [-0.1, -0.05) is 0 Å². The number of carboxylic acid groups (broad SMARTS) is 2. The molecule has 3 N–H and O–H groups in total. The first-order valence-electron chi connectivity index (χ1n) is 8.72. The van der Waals surface area contributed by atoms with E-state index in [-0.39, 0.29) is 5.63 Å². The molecule has 0 saturated carbocycles. The smallest absolute Gasteiger partial charge is 0.339 e. The number of carbonyl (C=O) groups is 3. The zero-order valence-corrected chi connectivity index (χ0v) is 15.1. The Morgan fingerprint density at radius 1 is 1.21 bits per heavy atom. The average molecular weight is 389 g/mol. The molecule has 0 fully saturated rings. The number of hydrogen-bond acceptors (Lipinski definition) is 6. The van der Waals surface area contributed by atoms with Crippen LogP contribution in [-0.4, -0.2) is 40.7 Å². The van der Waals surface area contributed by atoms with Gasteiger partial charge >= 0.3 is 17.6 Å². The summed E-state index contributed by atoms with van der Waals surface area (Å²) in [6.07, 6.45) is 1.40. The summed E-state index contributed by atoms with van der Waals surface area (Å²) in [6, 6.07) is 1.88. The quantitative estimate of drug-likeness (QED) is 0.596. The van der Waals surface area contributed by atoms with Gasteiger partial charge in [-0.2, -0.15) is 0 Å². The van der Waals surface area contributed by atoms with Crippen molar-refractivity contribution in [2.45, 2.75) is 38.6 Å². The van der Waals surface area contributed by atoms with E-state index in [0.29, 0.717) is 35.1 Å². The summed E-state index contributed by atoms with van der Waals surface area (Å²) in [6.45, 7) is 1.28. The Bertz CT molecular complexity index is 1020. The molecule has 1 aliphatic rings. The van der Waals surface area contributed by atoms with Crippen LogP contribution in [0.15, 0.2) is 21.3 Å². The number of amides is 1. The van der Waals surface area contributed by atoms with Gasteiger partial charge < -0.3 is 24.7 Å². The number of carbonyl (C=O) groups excluding carboxylic acids is 1. The van der Waals surface area contributed by atoms with Gasteiger partial charge in [-0.25, -0.2) is 9.59 Å². The Morgan fingerprint density at radius 3 is 2.61 bits per heavy atom. The summed E-state index contributed by atoms with van der Waals surface area (Å²) >= 11 is 0. The maximum atomic E-state index is 12.1. The van der Waals surface area contributed by atoms with Crippen LogP contribution in [-0.2, 0) is 27.2 Å². The van der Waals surface area contributed by atoms with E-state index in [1.807, 2.05) is 0 Å². The van der Waals surface area contributed by atoms with Crippen LogP contribution in [0.2, 0.25) is 0 Å². The fraction of sp³-hybridized carbons (Fsp3) is 0.368. The van der Waals surface area contributed by atoms with Crippen molar-refractivity contribution in [2.75, 3.05) is 6.61 Å². The Kier molecular flexibility index (Phi) is 5.34. The van der Waals surface area contributed by atoms with Gasteiger partial charge in [-0.15, -0.1) is 0 Å². The molecule has 9 heteroatoms. The summed E-state index contributed by atoms with van der Waals surface area (Å²) in [5, 5.41) is 20.5. The van der Waals surface area contributed by atoms with E-state index in [2.05, 4.69) is 5.32 Å². The Hall–Kier alpha value is -3.36. The molecule has 148 valence electrons. The van der Waals surface area contributed by atoms with Crippen molar-refractivity contribution >= 4 is 28.8 Å². The zero-order valence-electron chi connectivity index (χ0n) is 15.1. The number of benzene rings is 1. The van der Waals surface area contributed by atoms with Crippen LogP contribution in [0.3, 0.4) is 0 Å². The molecule has 28 heavy (non-hydrogen) atoms. The van der Waals surface area contributed by atoms with Gasteiger partial charge in [-0.05, 0) is 49.4 Å². The average Bonchev–Trinajstić information content (AvgIpc) is 3.08. The van der Waals surface area contributed by atoms with Crippen molar-refractivity contribution in [3.05, 3.63) is 39.2 Å². The lowest BCUT2D eigenvalue weighted by Crippen LogP contribution is -2.44. The number of rotatable bonds is 7. The Morgan fingerprint density at radius 2 is 1.93 bits per heavy atom. The van der Waals surface area contributed by atoms with E-state index >= 15 is 0 Å². The van der Waals surface area contributed by atoms with E-state index in [9.17, 15) is 19.2 Å². The standard InChI is InChI=1S/C19H19NO8/c1-9-5-13(27-8-15(21)20-12(18(24)25)7-16(22)23)17-10-3-2-4-11(10)19(26)28-14(17)6-9/h5-6,12H,2-4,7-8H2,1H3,(H,20,21)(H,22,23)(H,24,25). The minimum absolute atomic E-state index is 0.358. The highest BCUT2D eigenvalue weighted by atomic mass is 16.5. The molecule has 0 radical (unpaired) electrons. The number of aryl methyl sites for hydroxylation is 2. The number of ether oxygens (including phenoxy) is 1. The first kappa shape index (κ1) is 19.4. The van der Waals surface area contributed by atoms with E-state index in [1.54, 1.807) is 19.1 Å². The molecule has 1 amide bonds. The van der Waals surface area contributed by atoms with E-state index < -0.39 is 36.9 Å². The monoisotopic (exact) mass is 389 g/mol. The van der Waals surface area contributed by atoms with Crippen molar-refractivity contribution < 1.29 is 33.8 Å². The molecule has 2 aromatic rings. The Balaban J connectivity index is 1.84. The van der Waals surface area contributed by atoms with Gasteiger partial charge in [0, 0.05) is 5.56 Å². The molecule has 1 aromatic heterocycles. The van der Waals surface area contributed by atoms with Gasteiger partial charge in [0.2, 0.25) is 0 Å². The molecule has 3 rings (SSSR count). The highest BCUT2D eigenvalue weighted by molar-refractivity contribution is 5.90. The summed E-state index contributed by atoms with van der Waals surface area (Å²) in [5.41, 5.74) is 2.22. The van der Waals surface area contributed by atoms with Gasteiger partial charge in [0.05, 0.1) is 11.8 Å². The number of nitrogens with one attached hydrogen (secondary N) is 1. The highest BCUT2D eigenvalue weighted by Gasteiger charge is 2.25. The summed E-state index contributed by atoms with van der Waals surface area (Å²) in [5.74, 6) is -3.20. The van der Waals surface area contributed by atoms with Gasteiger partial charge in [-0.3, -0.25) is 9.59 Å². The first-order valence-corrected chi connectivity index (χ1v) is 8.72. The maximum absolute atomic E-state index is 12.1. The van der Waals surface area contributed by atoms with Gasteiger partial charge in [0.1, 0.15) is 17.4 Å². The second-order valence-corrected chi connectivity index (χ2v) is 6.68. The molecule has 1 aromatic carbocycles. The van der Waals surface area contributed by atoms with E-state index in [4.69, 9.17) is 19.4 Å². The zero-order chi connectivity index (χ0) is 20.4. The van der Waals surface area contributed by atoms with Crippen LogP contribution in [0, 0.1) is 6.92 Å². The second-order valence-electron chi connectivity index (χ2n) is 6.68. The molecule has 0 aliphatic heterocycles. The molecule has 0 saturated heterocycles. The number of carboxylic acids is 2. The van der Waals surface area contributed by atoms with E-state index in [1.165, 1.54) is 0 Å². The van der Waals surface area contributed by atoms with Crippen LogP contribution in [0.1, 0.15) is 29.5 Å². The van der Waals surface area contributed by atoms with Crippen LogP contribution in [0.4, 0.5) is 0 Å². The number of fused-ring (bicyclic) bond motifs is 3. The molecular formula is C19H19NO8. The fourth-order valence-corrected chi connectivity index (χ4v) is 3.37. The van der Waals surface area contributed by atoms with Crippen molar-refractivity contribution in [1.29, 1.82) is 0 Å². The second kappa shape index (κ2) is 7.71. The molecule has 1 heterocycles. The highest BCUT2D eigenvalue weighted by Crippen LogP contribution is 2.35. The Labute approximate surface area is 158 Å². The van der Waals surface area contributed by atoms with Crippen LogP contribution < -0.4 is 15.7 Å². The summed E-state index contributed by atoms with van der Waals surface area (Å²) in [4.78, 5) is 45.9. The molecule has 1 aliphatic carbocycles. The lowest BCUT2D eigenvalue weighted by Gasteiger charge is -2.15. The summed E-state index contributed by atoms with van der Waals surface area (Å²) in [7, 11) is 0. The van der Waals surface area contributed by atoms with Crippen molar-refractivity contribution in [2.24, 2.45) is 0 Å².